The summed E-state index contributed by atoms with van der Waals surface area (Å²) in [5, 5.41) is 3.94. The Morgan fingerprint density at radius 2 is 2.19 bits per heavy atom. The predicted octanol–water partition coefficient (Wildman–Crippen LogP) is 2.04. The van der Waals surface area contributed by atoms with Crippen molar-refractivity contribution in [2.45, 2.75) is 33.2 Å². The summed E-state index contributed by atoms with van der Waals surface area (Å²) in [6.07, 6.45) is 2.84. The fourth-order valence-corrected chi connectivity index (χ4v) is 1.48. The highest BCUT2D eigenvalue weighted by Gasteiger charge is 2.26. The van der Waals surface area contributed by atoms with E-state index in [-0.39, 0.29) is 11.6 Å². The van der Waals surface area contributed by atoms with Crippen molar-refractivity contribution in [3.05, 3.63) is 12.4 Å². The second-order valence-corrected chi connectivity index (χ2v) is 4.63. The fourth-order valence-electron chi connectivity index (χ4n) is 1.48. The molecule has 1 amide bonds. The van der Waals surface area contributed by atoms with E-state index in [1.807, 2.05) is 27.7 Å². The number of ether oxygens (including phenoxy) is 1. The van der Waals surface area contributed by atoms with Gasteiger partial charge in [-0.3, -0.25) is 4.68 Å². The Kier molecular flexibility index (Phi) is 3.57. The van der Waals surface area contributed by atoms with Crippen molar-refractivity contribution >= 4 is 6.09 Å². The molecule has 16 heavy (non-hydrogen) atoms. The van der Waals surface area contributed by atoms with Crippen LogP contribution in [-0.4, -0.2) is 32.9 Å². The molecule has 0 bridgehead atoms. The lowest BCUT2D eigenvalue weighted by Gasteiger charge is -2.33. The molecule has 0 aliphatic heterocycles. The van der Waals surface area contributed by atoms with Gasteiger partial charge in [-0.1, -0.05) is 0 Å². The van der Waals surface area contributed by atoms with E-state index in [0.29, 0.717) is 12.3 Å². The minimum absolute atomic E-state index is 0.242. The fraction of sp³-hybridized carbons (Fsp3) is 0.636. The first-order valence-electron chi connectivity index (χ1n) is 5.32. The molecule has 1 aromatic rings. The third kappa shape index (κ3) is 2.98. The number of hydrogen-bond acceptors (Lipinski definition) is 3. The van der Waals surface area contributed by atoms with E-state index >= 15 is 0 Å². The monoisotopic (exact) mass is 225 g/mol. The van der Waals surface area contributed by atoms with Crippen LogP contribution in [0.3, 0.4) is 0 Å². The van der Waals surface area contributed by atoms with Gasteiger partial charge in [0.05, 0.1) is 12.4 Å². The average molecular weight is 225 g/mol. The molecule has 0 unspecified atom stereocenters. The summed E-state index contributed by atoms with van der Waals surface area (Å²) in [5.74, 6) is 0.468. The van der Waals surface area contributed by atoms with Gasteiger partial charge in [-0.25, -0.2) is 4.79 Å². The Bertz CT molecular complexity index is 366. The lowest BCUT2D eigenvalue weighted by atomic mass is 10.1. The summed E-state index contributed by atoms with van der Waals surface area (Å²) in [6, 6.07) is 0. The quantitative estimate of drug-likeness (QED) is 0.773. The van der Waals surface area contributed by atoms with Gasteiger partial charge in [0.2, 0.25) is 0 Å². The number of carbonyl (C=O) groups excluding carboxylic acids is 1. The molecule has 1 aromatic heterocycles. The summed E-state index contributed by atoms with van der Waals surface area (Å²) in [6.45, 7) is 8.46. The number of amides is 1. The Labute approximate surface area is 96.0 Å². The maximum Gasteiger partial charge on any atom is 0.415 e. The molecule has 1 rings (SSSR count). The van der Waals surface area contributed by atoms with Gasteiger partial charge < -0.3 is 9.64 Å². The highest BCUT2D eigenvalue weighted by atomic mass is 16.6. The van der Waals surface area contributed by atoms with Crippen LogP contribution in [0.5, 0.6) is 5.75 Å². The van der Waals surface area contributed by atoms with E-state index in [1.54, 1.807) is 22.8 Å². The van der Waals surface area contributed by atoms with Gasteiger partial charge in [-0.2, -0.15) is 5.10 Å². The van der Waals surface area contributed by atoms with E-state index in [4.69, 9.17) is 4.74 Å². The Balaban J connectivity index is 2.71. The summed E-state index contributed by atoms with van der Waals surface area (Å²) < 4.78 is 6.81. The van der Waals surface area contributed by atoms with Gasteiger partial charge in [0.1, 0.15) is 0 Å². The standard InChI is InChI=1S/C11H19N3O2/c1-6-14(11(2,3)4)10(15)16-9-7-12-13(5)8-9/h7-8H,6H2,1-5H3. The van der Waals surface area contributed by atoms with Crippen LogP contribution in [0.2, 0.25) is 0 Å². The number of aromatic nitrogens is 2. The van der Waals surface area contributed by atoms with Crippen molar-refractivity contribution in [3.8, 4) is 5.75 Å². The molecular weight excluding hydrogens is 206 g/mol. The summed E-state index contributed by atoms with van der Waals surface area (Å²) >= 11 is 0. The minimum Gasteiger partial charge on any atom is -0.407 e. The third-order valence-corrected chi connectivity index (χ3v) is 2.23. The van der Waals surface area contributed by atoms with Crippen LogP contribution in [0.15, 0.2) is 12.4 Å². The number of hydrogen-bond donors (Lipinski definition) is 0. The van der Waals surface area contributed by atoms with Gasteiger partial charge in [-0.05, 0) is 27.7 Å². The van der Waals surface area contributed by atoms with Crippen LogP contribution in [-0.2, 0) is 7.05 Å². The number of carbonyl (C=O) groups is 1. The highest BCUT2D eigenvalue weighted by molar-refractivity contribution is 5.71. The molecule has 0 saturated heterocycles. The van der Waals surface area contributed by atoms with Crippen LogP contribution in [0.1, 0.15) is 27.7 Å². The van der Waals surface area contributed by atoms with Crippen LogP contribution in [0, 0.1) is 0 Å². The second-order valence-electron chi connectivity index (χ2n) is 4.63. The zero-order valence-corrected chi connectivity index (χ0v) is 10.5. The molecule has 0 fully saturated rings. The SMILES string of the molecule is CCN(C(=O)Oc1cnn(C)c1)C(C)(C)C. The Hall–Kier alpha value is -1.52. The van der Waals surface area contributed by atoms with E-state index in [1.165, 1.54) is 6.20 Å². The molecule has 90 valence electrons. The van der Waals surface area contributed by atoms with Crippen LogP contribution < -0.4 is 4.74 Å². The summed E-state index contributed by atoms with van der Waals surface area (Å²) in [7, 11) is 1.78. The summed E-state index contributed by atoms with van der Waals surface area (Å²) in [4.78, 5) is 13.5. The Morgan fingerprint density at radius 1 is 1.56 bits per heavy atom. The number of rotatable bonds is 2. The van der Waals surface area contributed by atoms with Gasteiger partial charge >= 0.3 is 6.09 Å². The molecule has 5 heteroatoms. The van der Waals surface area contributed by atoms with Crippen LogP contribution in [0.25, 0.3) is 0 Å². The zero-order chi connectivity index (χ0) is 12.3. The van der Waals surface area contributed by atoms with Gasteiger partial charge in [-0.15, -0.1) is 0 Å². The maximum absolute atomic E-state index is 11.9. The summed E-state index contributed by atoms with van der Waals surface area (Å²) in [5.41, 5.74) is -0.242. The van der Waals surface area contributed by atoms with Gasteiger partial charge in [0, 0.05) is 19.1 Å². The van der Waals surface area contributed by atoms with Gasteiger partial charge in [0.15, 0.2) is 5.75 Å². The molecule has 1 heterocycles. The van der Waals surface area contributed by atoms with Crippen molar-refractivity contribution in [1.82, 2.24) is 14.7 Å². The molecular formula is C11H19N3O2. The molecule has 0 aliphatic rings. The molecule has 5 nitrogen and oxygen atoms in total. The normalized spacial score (nSPS) is 11.3. The molecule has 0 aromatic carbocycles. The molecule has 0 N–H and O–H groups in total. The van der Waals surface area contributed by atoms with Crippen molar-refractivity contribution in [2.75, 3.05) is 6.54 Å². The molecule has 0 aliphatic carbocycles. The Morgan fingerprint density at radius 3 is 2.56 bits per heavy atom. The second kappa shape index (κ2) is 4.55. The predicted molar refractivity (Wildman–Crippen MR) is 61.4 cm³/mol. The molecule has 0 spiro atoms. The number of nitrogens with zero attached hydrogens (tertiary/aromatic N) is 3. The average Bonchev–Trinajstić information content (AvgIpc) is 2.49. The highest BCUT2D eigenvalue weighted by Crippen LogP contribution is 2.16. The van der Waals surface area contributed by atoms with Crippen molar-refractivity contribution < 1.29 is 9.53 Å². The van der Waals surface area contributed by atoms with Crippen LogP contribution in [0.4, 0.5) is 4.79 Å². The minimum atomic E-state index is -0.344. The van der Waals surface area contributed by atoms with E-state index in [9.17, 15) is 4.79 Å². The van der Waals surface area contributed by atoms with Crippen molar-refractivity contribution in [3.63, 3.8) is 0 Å². The topological polar surface area (TPSA) is 47.4 Å². The molecule has 0 saturated carbocycles. The largest absolute Gasteiger partial charge is 0.415 e. The van der Waals surface area contributed by atoms with Crippen LogP contribution >= 0.6 is 0 Å². The smallest absolute Gasteiger partial charge is 0.407 e. The molecule has 0 atom stereocenters. The van der Waals surface area contributed by atoms with Crippen molar-refractivity contribution in [2.24, 2.45) is 7.05 Å². The first-order chi connectivity index (χ1) is 7.34. The number of aryl methyl sites for hydroxylation is 1. The lowest BCUT2D eigenvalue weighted by Crippen LogP contribution is -2.46. The zero-order valence-electron chi connectivity index (χ0n) is 10.5. The van der Waals surface area contributed by atoms with Crippen molar-refractivity contribution in [1.29, 1.82) is 0 Å². The van der Waals surface area contributed by atoms with E-state index in [0.717, 1.165) is 0 Å². The molecule has 0 radical (unpaired) electrons. The first-order valence-corrected chi connectivity index (χ1v) is 5.32. The third-order valence-electron chi connectivity index (χ3n) is 2.23. The van der Waals surface area contributed by atoms with Gasteiger partial charge in [0.25, 0.3) is 0 Å². The van der Waals surface area contributed by atoms with E-state index in [2.05, 4.69) is 5.10 Å². The first kappa shape index (κ1) is 12.5. The lowest BCUT2D eigenvalue weighted by molar-refractivity contribution is 0.110. The maximum atomic E-state index is 11.9. The van der Waals surface area contributed by atoms with E-state index < -0.39 is 0 Å².